The van der Waals surface area contributed by atoms with Crippen LogP contribution in [-0.4, -0.2) is 48.7 Å². The third-order valence-corrected chi connectivity index (χ3v) is 3.04. The van der Waals surface area contributed by atoms with Crippen LogP contribution in [0, 0.1) is 0 Å². The van der Waals surface area contributed by atoms with Crippen LogP contribution >= 0.6 is 0 Å². The van der Waals surface area contributed by atoms with E-state index in [4.69, 9.17) is 10.5 Å². The minimum Gasteiger partial charge on any atom is -0.478 e. The van der Waals surface area contributed by atoms with E-state index in [0.717, 1.165) is 0 Å². The summed E-state index contributed by atoms with van der Waals surface area (Å²) in [5.74, 6) is -0.951. The Balaban J connectivity index is 0. The quantitative estimate of drug-likeness (QED) is 0.378. The highest BCUT2D eigenvalue weighted by Crippen LogP contribution is 2.15. The Morgan fingerprint density at radius 2 is 1.76 bits per heavy atom. The third-order valence-electron chi connectivity index (χ3n) is 3.04. The van der Waals surface area contributed by atoms with Crippen LogP contribution < -0.4 is 5.73 Å². The predicted molar refractivity (Wildman–Crippen MR) is 102 cm³/mol. The second kappa shape index (κ2) is 14.0. The van der Waals surface area contributed by atoms with Gasteiger partial charge in [-0.1, -0.05) is 25.3 Å². The van der Waals surface area contributed by atoms with Gasteiger partial charge in [0, 0.05) is 27.1 Å². The summed E-state index contributed by atoms with van der Waals surface area (Å²) in [5.41, 5.74) is 7.16. The van der Waals surface area contributed by atoms with Crippen LogP contribution in [0.2, 0.25) is 0 Å². The zero-order valence-corrected chi connectivity index (χ0v) is 16.1. The lowest BCUT2D eigenvalue weighted by atomic mass is 10.0. The maximum absolute atomic E-state index is 11.3. The van der Waals surface area contributed by atoms with Crippen molar-refractivity contribution in [2.24, 2.45) is 5.73 Å². The number of ether oxygens (including phenoxy) is 1. The van der Waals surface area contributed by atoms with Gasteiger partial charge in [0.15, 0.2) is 0 Å². The maximum Gasteiger partial charge on any atom is 0.335 e. The van der Waals surface area contributed by atoms with Crippen LogP contribution in [-0.2, 0) is 14.3 Å². The molecule has 25 heavy (non-hydrogen) atoms. The zero-order valence-electron chi connectivity index (χ0n) is 16.1. The van der Waals surface area contributed by atoms with Crippen molar-refractivity contribution in [3.63, 3.8) is 0 Å². The molecule has 0 aliphatic heterocycles. The monoisotopic (exact) mass is 352 g/mol. The average molecular weight is 352 g/mol. The molecule has 0 bridgehead atoms. The van der Waals surface area contributed by atoms with Crippen LogP contribution in [0.15, 0.2) is 47.7 Å². The number of allylic oxidation sites excluding steroid dienone is 3. The van der Waals surface area contributed by atoms with Gasteiger partial charge in [-0.3, -0.25) is 4.79 Å². The van der Waals surface area contributed by atoms with Gasteiger partial charge in [0.2, 0.25) is 5.91 Å². The highest BCUT2D eigenvalue weighted by molar-refractivity contribution is 5.92. The fraction of sp³-hybridized carbons (Fsp3) is 0.474. The van der Waals surface area contributed by atoms with Gasteiger partial charge >= 0.3 is 5.97 Å². The number of carbonyl (C=O) groups is 2. The van der Waals surface area contributed by atoms with Crippen molar-refractivity contribution in [1.29, 1.82) is 0 Å². The molecular weight excluding hydrogens is 320 g/mol. The fourth-order valence-electron chi connectivity index (χ4n) is 1.81. The van der Waals surface area contributed by atoms with E-state index < -0.39 is 5.97 Å². The van der Waals surface area contributed by atoms with Crippen molar-refractivity contribution >= 4 is 11.9 Å². The normalized spacial score (nSPS) is 11.6. The minimum atomic E-state index is -0.969. The molecule has 0 aromatic heterocycles. The lowest BCUT2D eigenvalue weighted by Crippen LogP contribution is -2.25. The zero-order chi connectivity index (χ0) is 20.0. The summed E-state index contributed by atoms with van der Waals surface area (Å²) in [4.78, 5) is 23.9. The van der Waals surface area contributed by atoms with Crippen LogP contribution in [0.1, 0.15) is 34.1 Å². The van der Waals surface area contributed by atoms with Crippen LogP contribution in [0.4, 0.5) is 0 Å². The fourth-order valence-corrected chi connectivity index (χ4v) is 1.81. The molecule has 0 rings (SSSR count). The second-order valence-corrected chi connectivity index (χ2v) is 5.74. The Hall–Kier alpha value is -2.34. The van der Waals surface area contributed by atoms with Gasteiger partial charge in [-0.2, -0.15) is 0 Å². The van der Waals surface area contributed by atoms with Crippen molar-refractivity contribution in [1.82, 2.24) is 4.90 Å². The second-order valence-electron chi connectivity index (χ2n) is 5.74. The molecule has 0 radical (unpaired) electrons. The smallest absolute Gasteiger partial charge is 0.335 e. The number of carboxylic acid groups (broad SMARTS) is 1. The van der Waals surface area contributed by atoms with Crippen molar-refractivity contribution in [2.45, 2.75) is 34.1 Å². The first-order valence-corrected chi connectivity index (χ1v) is 7.97. The number of amides is 1. The van der Waals surface area contributed by atoms with Crippen molar-refractivity contribution in [2.75, 3.05) is 26.8 Å². The van der Waals surface area contributed by atoms with Gasteiger partial charge in [-0.05, 0) is 44.0 Å². The van der Waals surface area contributed by atoms with Gasteiger partial charge in [-0.25, -0.2) is 4.79 Å². The minimum absolute atomic E-state index is 0.0180. The number of nitrogens with two attached hydrogens (primary N) is 1. The molecule has 0 aliphatic carbocycles. The highest BCUT2D eigenvalue weighted by Gasteiger charge is 2.13. The molecule has 0 atom stereocenters. The summed E-state index contributed by atoms with van der Waals surface area (Å²) in [5, 5.41) is 9.24. The topological polar surface area (TPSA) is 92.9 Å². The molecular formula is C19H32N2O4. The summed E-state index contributed by atoms with van der Waals surface area (Å²) in [6, 6.07) is 0. The van der Waals surface area contributed by atoms with Gasteiger partial charge in [0.25, 0.3) is 0 Å². The largest absolute Gasteiger partial charge is 0.478 e. The highest BCUT2D eigenvalue weighted by atomic mass is 16.5. The third kappa shape index (κ3) is 13.8. The average Bonchev–Trinajstić information content (AvgIpc) is 2.45. The molecule has 6 heteroatoms. The van der Waals surface area contributed by atoms with Crippen molar-refractivity contribution in [3.05, 3.63) is 47.7 Å². The van der Waals surface area contributed by atoms with Crippen LogP contribution in [0.25, 0.3) is 0 Å². The summed E-state index contributed by atoms with van der Waals surface area (Å²) in [6.45, 7) is 15.0. The van der Waals surface area contributed by atoms with E-state index in [2.05, 4.69) is 13.2 Å². The molecule has 142 valence electrons. The summed E-state index contributed by atoms with van der Waals surface area (Å²) in [6.07, 6.45) is 3.94. The molecule has 0 aliphatic rings. The first-order valence-electron chi connectivity index (χ1n) is 7.97. The van der Waals surface area contributed by atoms with E-state index in [9.17, 15) is 14.7 Å². The van der Waals surface area contributed by atoms with Crippen LogP contribution in [0.3, 0.4) is 0 Å². The molecule has 0 aromatic carbocycles. The maximum atomic E-state index is 11.3. The molecule has 0 spiro atoms. The first-order chi connectivity index (χ1) is 11.5. The van der Waals surface area contributed by atoms with E-state index in [-0.39, 0.29) is 18.1 Å². The number of hydrogen-bond acceptors (Lipinski definition) is 4. The molecule has 1 amide bonds. The number of hydrogen-bond donors (Lipinski definition) is 2. The molecule has 0 aromatic rings. The Labute approximate surface area is 151 Å². The Morgan fingerprint density at radius 3 is 2.16 bits per heavy atom. The molecule has 0 unspecified atom stereocenters. The lowest BCUT2D eigenvalue weighted by molar-refractivity contribution is -0.132. The summed E-state index contributed by atoms with van der Waals surface area (Å²) in [7, 11) is 1.74. The van der Waals surface area contributed by atoms with E-state index in [1.54, 1.807) is 44.9 Å². The predicted octanol–water partition coefficient (Wildman–Crippen LogP) is 2.88. The molecule has 0 fully saturated rings. The number of nitrogens with zero attached hydrogens (tertiary/aromatic N) is 1. The number of rotatable bonds is 9. The van der Waals surface area contributed by atoms with Gasteiger partial charge < -0.3 is 20.5 Å². The molecule has 0 heterocycles. The van der Waals surface area contributed by atoms with Crippen LogP contribution in [0.5, 0.6) is 0 Å². The summed E-state index contributed by atoms with van der Waals surface area (Å²) >= 11 is 0. The Kier molecular flexibility index (Phi) is 14.0. The van der Waals surface area contributed by atoms with E-state index >= 15 is 0 Å². The molecule has 3 N–H and O–H groups in total. The van der Waals surface area contributed by atoms with Gasteiger partial charge in [0.1, 0.15) is 0 Å². The summed E-state index contributed by atoms with van der Waals surface area (Å²) < 4.78 is 5.47. The van der Waals surface area contributed by atoms with Gasteiger partial charge in [-0.15, -0.1) is 0 Å². The van der Waals surface area contributed by atoms with E-state index in [1.165, 1.54) is 6.92 Å². The van der Waals surface area contributed by atoms with E-state index in [0.29, 0.717) is 36.4 Å². The van der Waals surface area contributed by atoms with Crippen molar-refractivity contribution < 1.29 is 19.4 Å². The van der Waals surface area contributed by atoms with E-state index in [1.807, 2.05) is 0 Å². The molecule has 0 saturated heterocycles. The Bertz CT molecular complexity index is 530. The molecule has 6 nitrogen and oxygen atoms in total. The standard InChI is InChI=1S/C16H25NO4.C3H7N/c1-6-8-12(2)15(16(19)20)13(3)11-21-10-7-9-17(5)14(4)18;1-3(2)4/h6,8H,1,7,9-11H2,2-5H3,(H,19,20);1,4H2,2H3/b12-8-,15-13-;. The first kappa shape index (κ1) is 24.9. The number of carbonyl (C=O) groups excluding carboxylic acids is 1. The SMILES string of the molecule is C=C(C)N.C=C/C=C(C)\C(C(=O)O)=C(/C)COCCCN(C)C(C)=O. The van der Waals surface area contributed by atoms with Crippen molar-refractivity contribution in [3.8, 4) is 0 Å². The lowest BCUT2D eigenvalue weighted by Gasteiger charge is -2.14. The number of aliphatic carboxylic acids is 1. The number of carboxylic acids is 1. The molecule has 0 saturated carbocycles. The van der Waals surface area contributed by atoms with Gasteiger partial charge in [0.05, 0.1) is 12.2 Å². The Morgan fingerprint density at radius 1 is 1.24 bits per heavy atom.